The van der Waals surface area contributed by atoms with Crippen molar-refractivity contribution in [3.05, 3.63) is 77.5 Å². The second kappa shape index (κ2) is 6.44. The highest BCUT2D eigenvalue weighted by molar-refractivity contribution is 5.82. The van der Waals surface area contributed by atoms with Crippen LogP contribution in [0.15, 0.2) is 60.7 Å². The van der Waals surface area contributed by atoms with Gasteiger partial charge in [-0.2, -0.15) is 0 Å². The SMILES string of the molecule is Cc1ccc(N)cc1-c1ccc2nc(N)nc(Cc3ccccc3)c2n1. The Morgan fingerprint density at radius 1 is 0.846 bits per heavy atom. The van der Waals surface area contributed by atoms with Gasteiger partial charge in [-0.1, -0.05) is 36.4 Å². The van der Waals surface area contributed by atoms with Gasteiger partial charge in [0, 0.05) is 17.7 Å². The number of nitrogens with zero attached hydrogens (tertiary/aromatic N) is 3. The predicted molar refractivity (Wildman–Crippen MR) is 106 cm³/mol. The van der Waals surface area contributed by atoms with E-state index in [1.807, 2.05) is 55.5 Å². The van der Waals surface area contributed by atoms with Crippen LogP contribution in [0.5, 0.6) is 0 Å². The molecule has 0 saturated carbocycles. The monoisotopic (exact) mass is 341 g/mol. The standard InChI is InChI=1S/C21H19N5/c1-13-7-8-15(22)12-16(13)17-9-10-18-20(24-17)19(26-21(23)25-18)11-14-5-3-2-4-6-14/h2-10,12H,11,22H2,1H3,(H2,23,25,26). The summed E-state index contributed by atoms with van der Waals surface area (Å²) >= 11 is 0. The number of anilines is 2. The van der Waals surface area contributed by atoms with E-state index in [9.17, 15) is 0 Å². The average molecular weight is 341 g/mol. The van der Waals surface area contributed by atoms with Crippen molar-refractivity contribution in [3.63, 3.8) is 0 Å². The van der Waals surface area contributed by atoms with Gasteiger partial charge in [0.1, 0.15) is 5.52 Å². The van der Waals surface area contributed by atoms with Crippen molar-refractivity contribution in [3.8, 4) is 11.3 Å². The molecule has 2 aromatic carbocycles. The Hall–Kier alpha value is -3.47. The molecule has 128 valence electrons. The van der Waals surface area contributed by atoms with Crippen molar-refractivity contribution >= 4 is 22.7 Å². The lowest BCUT2D eigenvalue weighted by Crippen LogP contribution is -2.03. The average Bonchev–Trinajstić information content (AvgIpc) is 2.64. The first-order valence-electron chi connectivity index (χ1n) is 8.44. The zero-order valence-electron chi connectivity index (χ0n) is 14.5. The summed E-state index contributed by atoms with van der Waals surface area (Å²) in [5, 5.41) is 0. The smallest absolute Gasteiger partial charge is 0.220 e. The molecular weight excluding hydrogens is 322 g/mol. The number of nitrogen functional groups attached to an aromatic ring is 2. The Balaban J connectivity index is 1.88. The number of benzene rings is 2. The fourth-order valence-electron chi connectivity index (χ4n) is 3.07. The van der Waals surface area contributed by atoms with Crippen molar-refractivity contribution < 1.29 is 0 Å². The van der Waals surface area contributed by atoms with E-state index >= 15 is 0 Å². The number of nitrogens with two attached hydrogens (primary N) is 2. The Kier molecular flexibility index (Phi) is 3.97. The van der Waals surface area contributed by atoms with E-state index in [4.69, 9.17) is 16.5 Å². The van der Waals surface area contributed by atoms with Crippen LogP contribution in [0.2, 0.25) is 0 Å². The minimum absolute atomic E-state index is 0.262. The van der Waals surface area contributed by atoms with Crippen LogP contribution in [-0.4, -0.2) is 15.0 Å². The van der Waals surface area contributed by atoms with Crippen LogP contribution >= 0.6 is 0 Å². The minimum atomic E-state index is 0.262. The molecule has 0 aliphatic heterocycles. The normalized spacial score (nSPS) is 11.0. The summed E-state index contributed by atoms with van der Waals surface area (Å²) in [7, 11) is 0. The maximum Gasteiger partial charge on any atom is 0.220 e. The van der Waals surface area contributed by atoms with Crippen molar-refractivity contribution in [2.75, 3.05) is 11.5 Å². The molecule has 0 unspecified atom stereocenters. The zero-order valence-corrected chi connectivity index (χ0v) is 14.5. The molecule has 2 heterocycles. The van der Waals surface area contributed by atoms with E-state index in [0.29, 0.717) is 12.1 Å². The molecule has 0 radical (unpaired) electrons. The molecule has 0 amide bonds. The fourth-order valence-corrected chi connectivity index (χ4v) is 3.07. The summed E-state index contributed by atoms with van der Waals surface area (Å²) in [6, 6.07) is 19.9. The molecule has 0 atom stereocenters. The summed E-state index contributed by atoms with van der Waals surface area (Å²) in [6.45, 7) is 2.05. The summed E-state index contributed by atoms with van der Waals surface area (Å²) in [5.41, 5.74) is 19.0. The first-order chi connectivity index (χ1) is 12.6. The number of rotatable bonds is 3. The fraction of sp³-hybridized carbons (Fsp3) is 0.0952. The molecule has 4 N–H and O–H groups in total. The van der Waals surface area contributed by atoms with Crippen LogP contribution in [0.4, 0.5) is 11.6 Å². The topological polar surface area (TPSA) is 90.7 Å². The highest BCUT2D eigenvalue weighted by Crippen LogP contribution is 2.27. The van der Waals surface area contributed by atoms with E-state index in [0.717, 1.165) is 39.1 Å². The largest absolute Gasteiger partial charge is 0.399 e. The van der Waals surface area contributed by atoms with E-state index in [1.165, 1.54) is 0 Å². The van der Waals surface area contributed by atoms with Gasteiger partial charge in [-0.15, -0.1) is 0 Å². The van der Waals surface area contributed by atoms with Crippen molar-refractivity contribution in [1.29, 1.82) is 0 Å². The van der Waals surface area contributed by atoms with Gasteiger partial charge >= 0.3 is 0 Å². The van der Waals surface area contributed by atoms with E-state index in [1.54, 1.807) is 0 Å². The maximum absolute atomic E-state index is 5.96. The van der Waals surface area contributed by atoms with Gasteiger partial charge in [0.15, 0.2) is 0 Å². The van der Waals surface area contributed by atoms with Crippen LogP contribution in [0.25, 0.3) is 22.3 Å². The van der Waals surface area contributed by atoms with Crippen molar-refractivity contribution in [2.24, 2.45) is 0 Å². The van der Waals surface area contributed by atoms with Gasteiger partial charge in [-0.05, 0) is 42.3 Å². The minimum Gasteiger partial charge on any atom is -0.399 e. The third kappa shape index (κ3) is 3.07. The number of fused-ring (bicyclic) bond motifs is 1. The molecule has 26 heavy (non-hydrogen) atoms. The van der Waals surface area contributed by atoms with Gasteiger partial charge in [0.05, 0.1) is 16.9 Å². The molecule has 0 aliphatic rings. The van der Waals surface area contributed by atoms with Crippen LogP contribution in [0, 0.1) is 6.92 Å². The van der Waals surface area contributed by atoms with Crippen molar-refractivity contribution in [2.45, 2.75) is 13.3 Å². The molecule has 5 nitrogen and oxygen atoms in total. The lowest BCUT2D eigenvalue weighted by Gasteiger charge is -2.10. The number of aromatic nitrogens is 3. The number of hydrogen-bond donors (Lipinski definition) is 2. The lowest BCUT2D eigenvalue weighted by atomic mass is 10.0. The van der Waals surface area contributed by atoms with Crippen LogP contribution in [0.3, 0.4) is 0 Å². The molecular formula is C21H19N5. The molecule has 0 spiro atoms. The maximum atomic E-state index is 5.96. The second-order valence-corrected chi connectivity index (χ2v) is 6.33. The van der Waals surface area contributed by atoms with Gasteiger partial charge in [0.2, 0.25) is 5.95 Å². The van der Waals surface area contributed by atoms with E-state index < -0.39 is 0 Å². The molecule has 5 heteroatoms. The second-order valence-electron chi connectivity index (χ2n) is 6.33. The van der Waals surface area contributed by atoms with Gasteiger partial charge in [0.25, 0.3) is 0 Å². The molecule has 4 rings (SSSR count). The molecule has 0 fully saturated rings. The Bertz CT molecular complexity index is 1090. The third-order valence-electron chi connectivity index (χ3n) is 4.38. The molecule has 2 aromatic heterocycles. The molecule has 0 aliphatic carbocycles. The highest BCUT2D eigenvalue weighted by Gasteiger charge is 2.12. The third-order valence-corrected chi connectivity index (χ3v) is 4.38. The zero-order chi connectivity index (χ0) is 18.1. The summed E-state index contributed by atoms with van der Waals surface area (Å²) in [6.07, 6.45) is 0.649. The predicted octanol–water partition coefficient (Wildman–Crippen LogP) is 3.76. The van der Waals surface area contributed by atoms with E-state index in [2.05, 4.69) is 22.1 Å². The summed E-state index contributed by atoms with van der Waals surface area (Å²) in [5.74, 6) is 0.262. The number of hydrogen-bond acceptors (Lipinski definition) is 5. The van der Waals surface area contributed by atoms with Crippen LogP contribution < -0.4 is 11.5 Å². The van der Waals surface area contributed by atoms with Crippen LogP contribution in [-0.2, 0) is 6.42 Å². The highest BCUT2D eigenvalue weighted by atomic mass is 15.0. The Labute approximate surface area is 151 Å². The van der Waals surface area contributed by atoms with Gasteiger partial charge in [-0.3, -0.25) is 0 Å². The molecule has 4 aromatic rings. The first-order valence-corrected chi connectivity index (χ1v) is 8.44. The lowest BCUT2D eigenvalue weighted by molar-refractivity contribution is 1.06. The quantitative estimate of drug-likeness (QED) is 0.554. The molecule has 0 saturated heterocycles. The van der Waals surface area contributed by atoms with Gasteiger partial charge in [-0.25, -0.2) is 15.0 Å². The Morgan fingerprint density at radius 2 is 1.65 bits per heavy atom. The first kappa shape index (κ1) is 16.0. The van der Waals surface area contributed by atoms with Crippen LogP contribution in [0.1, 0.15) is 16.8 Å². The molecule has 0 bridgehead atoms. The number of pyridine rings is 1. The van der Waals surface area contributed by atoms with Gasteiger partial charge < -0.3 is 11.5 Å². The number of aryl methyl sites for hydroxylation is 1. The van der Waals surface area contributed by atoms with E-state index in [-0.39, 0.29) is 5.95 Å². The van der Waals surface area contributed by atoms with Crippen molar-refractivity contribution in [1.82, 2.24) is 15.0 Å². The Morgan fingerprint density at radius 3 is 2.46 bits per heavy atom. The summed E-state index contributed by atoms with van der Waals surface area (Å²) < 4.78 is 0. The summed E-state index contributed by atoms with van der Waals surface area (Å²) in [4.78, 5) is 13.6.